The first kappa shape index (κ1) is 13.9. The minimum atomic E-state index is -0.829. The molecule has 3 rings (SSSR count). The molecule has 0 atom stereocenters. The summed E-state index contributed by atoms with van der Waals surface area (Å²) < 4.78 is 26.5. The van der Waals surface area contributed by atoms with Gasteiger partial charge in [0, 0.05) is 18.2 Å². The van der Waals surface area contributed by atoms with E-state index in [1.54, 1.807) is 12.1 Å². The lowest BCUT2D eigenvalue weighted by atomic mass is 10.0. The van der Waals surface area contributed by atoms with Crippen molar-refractivity contribution >= 4 is 5.78 Å². The van der Waals surface area contributed by atoms with E-state index < -0.39 is 17.4 Å². The monoisotopic (exact) mass is 287 g/mol. The quantitative estimate of drug-likeness (QED) is 0.803. The van der Waals surface area contributed by atoms with Gasteiger partial charge in [0.25, 0.3) is 0 Å². The van der Waals surface area contributed by atoms with Crippen LogP contribution in [0.15, 0.2) is 42.5 Å². The topological polar surface area (TPSA) is 20.3 Å². The number of hydrogen-bond donors (Lipinski definition) is 0. The smallest absolute Gasteiger partial charge is 0.195 e. The maximum atomic E-state index is 13.6. The van der Waals surface area contributed by atoms with Crippen LogP contribution in [-0.4, -0.2) is 23.8 Å². The van der Waals surface area contributed by atoms with E-state index in [0.717, 1.165) is 37.3 Å². The summed E-state index contributed by atoms with van der Waals surface area (Å²) in [6.07, 6.45) is 1.24. The molecule has 2 aromatic carbocycles. The predicted molar refractivity (Wildman–Crippen MR) is 76.1 cm³/mol. The Morgan fingerprint density at radius 1 is 1.05 bits per heavy atom. The van der Waals surface area contributed by atoms with Crippen molar-refractivity contribution in [1.82, 2.24) is 4.90 Å². The first-order chi connectivity index (χ1) is 10.1. The summed E-state index contributed by atoms with van der Waals surface area (Å²) in [4.78, 5) is 14.5. The van der Waals surface area contributed by atoms with Gasteiger partial charge in [-0.1, -0.05) is 24.3 Å². The largest absolute Gasteiger partial charge is 0.299 e. The van der Waals surface area contributed by atoms with Crippen molar-refractivity contribution < 1.29 is 13.6 Å². The molecular formula is C17H15F2NO. The van der Waals surface area contributed by atoms with Crippen LogP contribution in [0, 0.1) is 11.6 Å². The second-order valence-electron chi connectivity index (χ2n) is 5.28. The number of likely N-dealkylation sites (tertiary alicyclic amines) is 1. The molecule has 0 bridgehead atoms. The van der Waals surface area contributed by atoms with Gasteiger partial charge in [-0.3, -0.25) is 9.69 Å². The van der Waals surface area contributed by atoms with Gasteiger partial charge in [-0.05, 0) is 37.2 Å². The highest BCUT2D eigenvalue weighted by Gasteiger charge is 2.16. The lowest BCUT2D eigenvalue weighted by Gasteiger charge is -2.30. The van der Waals surface area contributed by atoms with Crippen molar-refractivity contribution in [2.24, 2.45) is 0 Å². The Morgan fingerprint density at radius 3 is 2.33 bits per heavy atom. The third kappa shape index (κ3) is 3.00. The molecule has 0 unspecified atom stereocenters. The molecule has 0 N–H and O–H groups in total. The SMILES string of the molecule is O=C(c1ccc(CN2CCC2)cc1)c1ccc(F)cc1F. The Kier molecular flexibility index (Phi) is 3.80. The summed E-state index contributed by atoms with van der Waals surface area (Å²) in [5.41, 5.74) is 1.44. The highest BCUT2D eigenvalue weighted by molar-refractivity contribution is 6.09. The third-order valence-electron chi connectivity index (χ3n) is 3.75. The van der Waals surface area contributed by atoms with Gasteiger partial charge < -0.3 is 0 Å². The van der Waals surface area contributed by atoms with Crippen LogP contribution in [0.5, 0.6) is 0 Å². The Labute approximate surface area is 122 Å². The highest BCUT2D eigenvalue weighted by Crippen LogP contribution is 2.17. The molecule has 2 aromatic rings. The van der Waals surface area contributed by atoms with E-state index in [-0.39, 0.29) is 5.56 Å². The Bertz CT molecular complexity index is 663. The van der Waals surface area contributed by atoms with Crippen LogP contribution in [-0.2, 0) is 6.54 Å². The summed E-state index contributed by atoms with van der Waals surface area (Å²) in [5.74, 6) is -1.94. The maximum absolute atomic E-state index is 13.6. The number of halogens is 2. The Hall–Kier alpha value is -2.07. The predicted octanol–water partition coefficient (Wildman–Crippen LogP) is 3.40. The van der Waals surface area contributed by atoms with Crippen molar-refractivity contribution in [3.63, 3.8) is 0 Å². The molecular weight excluding hydrogens is 272 g/mol. The average Bonchev–Trinajstić information content (AvgIpc) is 2.43. The van der Waals surface area contributed by atoms with Gasteiger partial charge in [-0.25, -0.2) is 8.78 Å². The Balaban J connectivity index is 1.77. The van der Waals surface area contributed by atoms with Crippen LogP contribution in [0.3, 0.4) is 0 Å². The highest BCUT2D eigenvalue weighted by atomic mass is 19.1. The van der Waals surface area contributed by atoms with Gasteiger partial charge in [0.15, 0.2) is 5.78 Å². The zero-order valence-electron chi connectivity index (χ0n) is 11.5. The van der Waals surface area contributed by atoms with E-state index in [4.69, 9.17) is 0 Å². The lowest BCUT2D eigenvalue weighted by Crippen LogP contribution is -2.36. The summed E-state index contributed by atoms with van der Waals surface area (Å²) in [5, 5.41) is 0. The molecule has 1 aliphatic heterocycles. The number of benzene rings is 2. The first-order valence-electron chi connectivity index (χ1n) is 6.94. The fraction of sp³-hybridized carbons (Fsp3) is 0.235. The Morgan fingerprint density at radius 2 is 1.76 bits per heavy atom. The van der Waals surface area contributed by atoms with E-state index >= 15 is 0 Å². The zero-order chi connectivity index (χ0) is 14.8. The van der Waals surface area contributed by atoms with Gasteiger partial charge in [0.1, 0.15) is 11.6 Å². The summed E-state index contributed by atoms with van der Waals surface area (Å²) in [7, 11) is 0. The third-order valence-corrected chi connectivity index (χ3v) is 3.75. The minimum absolute atomic E-state index is 0.105. The van der Waals surface area contributed by atoms with Crippen molar-refractivity contribution in [2.45, 2.75) is 13.0 Å². The molecule has 0 amide bonds. The van der Waals surface area contributed by atoms with Crippen LogP contribution >= 0.6 is 0 Å². The van der Waals surface area contributed by atoms with Crippen LogP contribution < -0.4 is 0 Å². The van der Waals surface area contributed by atoms with Crippen molar-refractivity contribution in [3.05, 3.63) is 70.8 Å². The van der Waals surface area contributed by atoms with E-state index in [9.17, 15) is 13.6 Å². The normalized spacial score (nSPS) is 14.8. The second kappa shape index (κ2) is 5.74. The minimum Gasteiger partial charge on any atom is -0.299 e. The summed E-state index contributed by atoms with van der Waals surface area (Å²) in [6.45, 7) is 3.10. The molecule has 1 fully saturated rings. The number of carbonyl (C=O) groups excluding carboxylic acids is 1. The molecule has 1 aliphatic rings. The molecule has 2 nitrogen and oxygen atoms in total. The first-order valence-corrected chi connectivity index (χ1v) is 6.94. The molecule has 0 aliphatic carbocycles. The summed E-state index contributed by atoms with van der Waals surface area (Å²) >= 11 is 0. The molecule has 1 heterocycles. The van der Waals surface area contributed by atoms with Crippen LogP contribution in [0.4, 0.5) is 8.78 Å². The van der Waals surface area contributed by atoms with E-state index in [2.05, 4.69) is 4.90 Å². The standard InChI is InChI=1S/C17H15F2NO/c18-14-6-7-15(16(19)10-14)17(21)13-4-2-12(3-5-13)11-20-8-1-9-20/h2-7,10H,1,8-9,11H2. The summed E-state index contributed by atoms with van der Waals surface area (Å²) in [6, 6.07) is 10.2. The van der Waals surface area contributed by atoms with E-state index in [1.807, 2.05) is 12.1 Å². The number of hydrogen-bond acceptors (Lipinski definition) is 2. The second-order valence-corrected chi connectivity index (χ2v) is 5.28. The van der Waals surface area contributed by atoms with Crippen LogP contribution in [0.25, 0.3) is 0 Å². The van der Waals surface area contributed by atoms with Gasteiger partial charge in [0.2, 0.25) is 0 Å². The molecule has 0 saturated carbocycles. The van der Waals surface area contributed by atoms with Crippen molar-refractivity contribution in [1.29, 1.82) is 0 Å². The number of carbonyl (C=O) groups is 1. The molecule has 0 aromatic heterocycles. The maximum Gasteiger partial charge on any atom is 0.195 e. The average molecular weight is 287 g/mol. The van der Waals surface area contributed by atoms with Gasteiger partial charge >= 0.3 is 0 Å². The lowest BCUT2D eigenvalue weighted by molar-refractivity contribution is 0.103. The van der Waals surface area contributed by atoms with Crippen LogP contribution in [0.2, 0.25) is 0 Å². The van der Waals surface area contributed by atoms with Gasteiger partial charge in [-0.15, -0.1) is 0 Å². The molecule has 1 saturated heterocycles. The number of ketones is 1. The van der Waals surface area contributed by atoms with E-state index in [1.165, 1.54) is 12.5 Å². The molecule has 108 valence electrons. The zero-order valence-corrected chi connectivity index (χ0v) is 11.5. The fourth-order valence-electron chi connectivity index (χ4n) is 2.39. The van der Waals surface area contributed by atoms with Gasteiger partial charge in [0.05, 0.1) is 5.56 Å². The molecule has 0 spiro atoms. The molecule has 21 heavy (non-hydrogen) atoms. The molecule has 0 radical (unpaired) electrons. The number of nitrogens with zero attached hydrogens (tertiary/aromatic N) is 1. The number of rotatable bonds is 4. The van der Waals surface area contributed by atoms with Crippen molar-refractivity contribution in [3.8, 4) is 0 Å². The van der Waals surface area contributed by atoms with Crippen molar-refractivity contribution in [2.75, 3.05) is 13.1 Å². The molecule has 4 heteroatoms. The van der Waals surface area contributed by atoms with E-state index in [0.29, 0.717) is 5.56 Å². The van der Waals surface area contributed by atoms with Crippen LogP contribution in [0.1, 0.15) is 27.9 Å². The van der Waals surface area contributed by atoms with Gasteiger partial charge in [-0.2, -0.15) is 0 Å². The fourth-order valence-corrected chi connectivity index (χ4v) is 2.39.